The van der Waals surface area contributed by atoms with E-state index in [1.54, 1.807) is 20.0 Å². The number of hydrogen-bond donors (Lipinski definition) is 1. The minimum atomic E-state index is -4.18. The van der Waals surface area contributed by atoms with Crippen LogP contribution in [0.15, 0.2) is 6.07 Å². The topological polar surface area (TPSA) is 46.3 Å². The predicted octanol–water partition coefficient (Wildman–Crippen LogP) is 3.31. The Bertz CT molecular complexity index is 428. The van der Waals surface area contributed by atoms with Crippen LogP contribution in [0.3, 0.4) is 0 Å². The Labute approximate surface area is 107 Å². The molecule has 0 aliphatic heterocycles. The molecule has 3 nitrogen and oxygen atoms in total. The van der Waals surface area contributed by atoms with Crippen molar-refractivity contribution in [2.75, 3.05) is 24.2 Å². The summed E-state index contributed by atoms with van der Waals surface area (Å²) in [5, 5.41) is 0.577. The lowest BCUT2D eigenvalue weighted by Gasteiger charge is -2.17. The van der Waals surface area contributed by atoms with Crippen LogP contribution in [0.4, 0.5) is 23.9 Å². The summed E-state index contributed by atoms with van der Waals surface area (Å²) < 4.78 is 36.3. The highest BCUT2D eigenvalue weighted by atomic mass is 32.1. The average molecular weight is 280 g/mol. The Kier molecular flexibility index (Phi) is 4.61. The van der Waals surface area contributed by atoms with Crippen molar-refractivity contribution in [2.45, 2.75) is 25.9 Å². The number of nitrogens with zero attached hydrogens (tertiary/aromatic N) is 1. The second-order valence-electron chi connectivity index (χ2n) is 3.93. The molecule has 0 aromatic carbocycles. The molecule has 0 saturated carbocycles. The zero-order valence-corrected chi connectivity index (χ0v) is 11.0. The number of carbonyl (C=O) groups is 1. The highest BCUT2D eigenvalue weighted by Gasteiger charge is 2.27. The van der Waals surface area contributed by atoms with Crippen molar-refractivity contribution in [1.29, 1.82) is 0 Å². The molecule has 0 spiro atoms. The third kappa shape index (κ3) is 3.90. The van der Waals surface area contributed by atoms with Crippen molar-refractivity contribution in [3.8, 4) is 0 Å². The van der Waals surface area contributed by atoms with Crippen LogP contribution in [0.1, 0.15) is 29.4 Å². The van der Waals surface area contributed by atoms with Crippen LogP contribution in [0.25, 0.3) is 0 Å². The van der Waals surface area contributed by atoms with E-state index in [4.69, 9.17) is 5.73 Å². The maximum Gasteiger partial charge on any atom is 0.390 e. The van der Waals surface area contributed by atoms with Gasteiger partial charge in [0, 0.05) is 20.0 Å². The first-order valence-corrected chi connectivity index (χ1v) is 6.26. The standard InChI is InChI=1S/C11H15F3N2OS/c1-3-8(17)10-7(15)6-9(18-10)16(2)5-4-11(12,13)14/h6H,3-5,15H2,1-2H3. The molecule has 1 heterocycles. The van der Waals surface area contributed by atoms with E-state index in [-0.39, 0.29) is 12.3 Å². The molecule has 2 N–H and O–H groups in total. The van der Waals surface area contributed by atoms with Crippen molar-refractivity contribution >= 4 is 27.8 Å². The van der Waals surface area contributed by atoms with Gasteiger partial charge in [-0.05, 0) is 6.07 Å². The molecule has 0 aliphatic rings. The van der Waals surface area contributed by atoms with Gasteiger partial charge in [0.1, 0.15) is 0 Å². The fourth-order valence-corrected chi connectivity index (χ4v) is 2.44. The number of carbonyl (C=O) groups excluding carboxylic acids is 1. The maximum atomic E-state index is 12.1. The highest BCUT2D eigenvalue weighted by Crippen LogP contribution is 2.33. The highest BCUT2D eigenvalue weighted by molar-refractivity contribution is 7.18. The Morgan fingerprint density at radius 1 is 1.50 bits per heavy atom. The number of nitrogens with two attached hydrogens (primary N) is 1. The zero-order chi connectivity index (χ0) is 13.9. The van der Waals surface area contributed by atoms with Crippen LogP contribution in [-0.2, 0) is 0 Å². The molecule has 0 unspecified atom stereocenters. The summed E-state index contributed by atoms with van der Waals surface area (Å²) in [6, 6.07) is 1.55. The van der Waals surface area contributed by atoms with Gasteiger partial charge in [-0.3, -0.25) is 4.79 Å². The van der Waals surface area contributed by atoms with E-state index in [9.17, 15) is 18.0 Å². The van der Waals surface area contributed by atoms with Gasteiger partial charge in [0.25, 0.3) is 0 Å². The van der Waals surface area contributed by atoms with E-state index >= 15 is 0 Å². The summed E-state index contributed by atoms with van der Waals surface area (Å²) >= 11 is 1.13. The molecule has 0 atom stereocenters. The number of thiophene rings is 1. The normalized spacial score (nSPS) is 11.6. The van der Waals surface area contributed by atoms with Crippen molar-refractivity contribution < 1.29 is 18.0 Å². The minimum absolute atomic E-state index is 0.0898. The van der Waals surface area contributed by atoms with Gasteiger partial charge in [0.15, 0.2) is 5.78 Å². The van der Waals surface area contributed by atoms with Gasteiger partial charge in [0.2, 0.25) is 0 Å². The maximum absolute atomic E-state index is 12.1. The second-order valence-corrected chi connectivity index (χ2v) is 4.96. The van der Waals surface area contributed by atoms with Gasteiger partial charge >= 0.3 is 6.18 Å². The monoisotopic (exact) mass is 280 g/mol. The Morgan fingerprint density at radius 3 is 2.61 bits per heavy atom. The molecule has 0 amide bonds. The van der Waals surface area contributed by atoms with Gasteiger partial charge in [0.05, 0.1) is 22.0 Å². The van der Waals surface area contributed by atoms with E-state index in [1.807, 2.05) is 0 Å². The van der Waals surface area contributed by atoms with Gasteiger partial charge in [-0.2, -0.15) is 13.2 Å². The van der Waals surface area contributed by atoms with E-state index < -0.39 is 12.6 Å². The summed E-state index contributed by atoms with van der Waals surface area (Å²) in [7, 11) is 1.55. The number of hydrogen-bond acceptors (Lipinski definition) is 4. The lowest BCUT2D eigenvalue weighted by Crippen LogP contribution is -2.23. The summed E-state index contributed by atoms with van der Waals surface area (Å²) in [5.74, 6) is -0.0898. The lowest BCUT2D eigenvalue weighted by atomic mass is 10.2. The van der Waals surface area contributed by atoms with Gasteiger partial charge in [-0.15, -0.1) is 11.3 Å². The molecule has 1 rings (SSSR count). The summed E-state index contributed by atoms with van der Waals surface area (Å²) in [5.41, 5.74) is 6.01. The second kappa shape index (κ2) is 5.60. The molecule has 1 aromatic heterocycles. The smallest absolute Gasteiger partial charge is 0.390 e. The minimum Gasteiger partial charge on any atom is -0.397 e. The number of halogens is 3. The summed E-state index contributed by atoms with van der Waals surface area (Å²) in [4.78, 5) is 13.4. The van der Waals surface area contributed by atoms with E-state index in [1.165, 1.54) is 4.90 Å². The van der Waals surface area contributed by atoms with Crippen molar-refractivity contribution in [3.05, 3.63) is 10.9 Å². The Balaban J connectivity index is 2.75. The number of alkyl halides is 3. The van der Waals surface area contributed by atoms with Crippen LogP contribution in [0.2, 0.25) is 0 Å². The van der Waals surface area contributed by atoms with Crippen LogP contribution >= 0.6 is 11.3 Å². The molecule has 7 heteroatoms. The Morgan fingerprint density at radius 2 is 2.11 bits per heavy atom. The van der Waals surface area contributed by atoms with Crippen LogP contribution in [0, 0.1) is 0 Å². The third-order valence-electron chi connectivity index (χ3n) is 2.43. The fourth-order valence-electron chi connectivity index (χ4n) is 1.36. The summed E-state index contributed by atoms with van der Waals surface area (Å²) in [6.45, 7) is 1.57. The largest absolute Gasteiger partial charge is 0.397 e. The van der Waals surface area contributed by atoms with Crippen LogP contribution in [0.5, 0.6) is 0 Å². The average Bonchev–Trinajstić information content (AvgIpc) is 2.66. The predicted molar refractivity (Wildman–Crippen MR) is 67.3 cm³/mol. The lowest BCUT2D eigenvalue weighted by molar-refractivity contribution is -0.132. The van der Waals surface area contributed by atoms with E-state index in [0.29, 0.717) is 22.0 Å². The van der Waals surface area contributed by atoms with Crippen LogP contribution in [-0.4, -0.2) is 25.6 Å². The first-order chi connectivity index (χ1) is 8.24. The number of ketones is 1. The molecule has 0 bridgehead atoms. The summed E-state index contributed by atoms with van der Waals surface area (Å²) in [6.07, 6.45) is -4.74. The first-order valence-electron chi connectivity index (χ1n) is 5.45. The van der Waals surface area contributed by atoms with Crippen LogP contribution < -0.4 is 10.6 Å². The molecule has 18 heavy (non-hydrogen) atoms. The van der Waals surface area contributed by atoms with E-state index in [0.717, 1.165) is 11.3 Å². The number of anilines is 2. The molecule has 102 valence electrons. The molecule has 0 aliphatic carbocycles. The molecular weight excluding hydrogens is 265 g/mol. The third-order valence-corrected chi connectivity index (χ3v) is 3.74. The Hall–Kier alpha value is -1.24. The first kappa shape index (κ1) is 14.8. The van der Waals surface area contributed by atoms with Crippen molar-refractivity contribution in [3.63, 3.8) is 0 Å². The van der Waals surface area contributed by atoms with Crippen molar-refractivity contribution in [1.82, 2.24) is 0 Å². The van der Waals surface area contributed by atoms with E-state index in [2.05, 4.69) is 0 Å². The molecular formula is C11H15F3N2OS. The number of rotatable bonds is 5. The van der Waals surface area contributed by atoms with Gasteiger partial charge in [-0.25, -0.2) is 0 Å². The number of nitrogen functional groups attached to an aromatic ring is 1. The SMILES string of the molecule is CCC(=O)c1sc(N(C)CCC(F)(F)F)cc1N. The molecule has 0 saturated heterocycles. The molecule has 1 aromatic rings. The quantitative estimate of drug-likeness (QED) is 0.842. The fraction of sp³-hybridized carbons (Fsp3) is 0.545. The zero-order valence-electron chi connectivity index (χ0n) is 10.2. The van der Waals surface area contributed by atoms with Gasteiger partial charge in [-0.1, -0.05) is 6.92 Å². The van der Waals surface area contributed by atoms with Gasteiger partial charge < -0.3 is 10.6 Å². The van der Waals surface area contributed by atoms with Crippen molar-refractivity contribution in [2.24, 2.45) is 0 Å². The number of Topliss-reactive ketones (excluding diaryl/α,β-unsaturated/α-hetero) is 1. The molecule has 0 radical (unpaired) electrons. The molecule has 0 fully saturated rings.